The highest BCUT2D eigenvalue weighted by molar-refractivity contribution is 5.80. The fraction of sp³-hybridized carbons (Fsp3) is 0.750. The van der Waals surface area contributed by atoms with E-state index in [1.54, 1.807) is 0 Å². The third-order valence-corrected chi connectivity index (χ3v) is 2.39. The molecule has 0 aromatic heterocycles. The van der Waals surface area contributed by atoms with Crippen LogP contribution in [0.1, 0.15) is 20.3 Å². The SMILES string of the molecule is COC(=O)CCN(C)C(=O)N(CC(=O)O)CC(C)C. The quantitative estimate of drug-likeness (QED) is 0.688. The summed E-state index contributed by atoms with van der Waals surface area (Å²) in [5.74, 6) is -1.30. The van der Waals surface area contributed by atoms with E-state index in [1.807, 2.05) is 13.8 Å². The predicted octanol–water partition coefficient (Wildman–Crippen LogP) is 0.644. The van der Waals surface area contributed by atoms with E-state index in [2.05, 4.69) is 4.74 Å². The van der Waals surface area contributed by atoms with Gasteiger partial charge in [-0.25, -0.2) is 4.79 Å². The monoisotopic (exact) mass is 274 g/mol. The van der Waals surface area contributed by atoms with Crippen molar-refractivity contribution in [3.63, 3.8) is 0 Å². The number of hydrogen-bond donors (Lipinski definition) is 1. The van der Waals surface area contributed by atoms with Crippen molar-refractivity contribution >= 4 is 18.0 Å². The Morgan fingerprint density at radius 3 is 2.26 bits per heavy atom. The number of hydrogen-bond acceptors (Lipinski definition) is 4. The van der Waals surface area contributed by atoms with Crippen LogP contribution in [-0.2, 0) is 14.3 Å². The summed E-state index contributed by atoms with van der Waals surface area (Å²) < 4.78 is 4.49. The second-order valence-corrected chi connectivity index (χ2v) is 4.70. The summed E-state index contributed by atoms with van der Waals surface area (Å²) >= 11 is 0. The number of carboxylic acids is 1. The normalized spacial score (nSPS) is 10.2. The number of nitrogens with zero attached hydrogens (tertiary/aromatic N) is 2. The molecule has 0 aromatic carbocycles. The Hall–Kier alpha value is -1.79. The number of rotatable bonds is 7. The van der Waals surface area contributed by atoms with E-state index in [4.69, 9.17) is 5.11 Å². The molecule has 0 rings (SSSR count). The first-order valence-corrected chi connectivity index (χ1v) is 6.06. The molecule has 110 valence electrons. The van der Waals surface area contributed by atoms with Crippen molar-refractivity contribution in [1.29, 1.82) is 0 Å². The van der Waals surface area contributed by atoms with Gasteiger partial charge in [0, 0.05) is 20.1 Å². The topological polar surface area (TPSA) is 87.2 Å². The molecule has 2 amide bonds. The maximum absolute atomic E-state index is 12.1. The van der Waals surface area contributed by atoms with Crippen LogP contribution in [0.3, 0.4) is 0 Å². The van der Waals surface area contributed by atoms with Gasteiger partial charge in [0.2, 0.25) is 0 Å². The van der Waals surface area contributed by atoms with Gasteiger partial charge in [-0.3, -0.25) is 9.59 Å². The van der Waals surface area contributed by atoms with Crippen molar-refractivity contribution in [3.05, 3.63) is 0 Å². The highest BCUT2D eigenvalue weighted by atomic mass is 16.5. The maximum atomic E-state index is 12.1. The van der Waals surface area contributed by atoms with Gasteiger partial charge in [0.15, 0.2) is 0 Å². The second-order valence-electron chi connectivity index (χ2n) is 4.70. The Balaban J connectivity index is 4.50. The van der Waals surface area contributed by atoms with Crippen LogP contribution in [0.25, 0.3) is 0 Å². The molecule has 0 aliphatic carbocycles. The molecule has 0 aromatic rings. The number of ether oxygens (including phenoxy) is 1. The Bertz CT molecular complexity index is 330. The minimum Gasteiger partial charge on any atom is -0.480 e. The molecule has 19 heavy (non-hydrogen) atoms. The van der Waals surface area contributed by atoms with Crippen LogP contribution in [0.2, 0.25) is 0 Å². The molecule has 0 unspecified atom stereocenters. The molecule has 0 atom stereocenters. The van der Waals surface area contributed by atoms with Crippen LogP contribution >= 0.6 is 0 Å². The summed E-state index contributed by atoms with van der Waals surface area (Å²) in [7, 11) is 2.81. The van der Waals surface area contributed by atoms with Crippen LogP contribution in [0.4, 0.5) is 4.79 Å². The Morgan fingerprint density at radius 2 is 1.84 bits per heavy atom. The summed E-state index contributed by atoms with van der Waals surface area (Å²) in [6.07, 6.45) is 0.0847. The number of esters is 1. The maximum Gasteiger partial charge on any atom is 0.323 e. The zero-order valence-corrected chi connectivity index (χ0v) is 11.9. The van der Waals surface area contributed by atoms with Gasteiger partial charge >= 0.3 is 18.0 Å². The first-order chi connectivity index (χ1) is 8.77. The van der Waals surface area contributed by atoms with Crippen molar-refractivity contribution < 1.29 is 24.2 Å². The molecule has 0 spiro atoms. The van der Waals surface area contributed by atoms with E-state index in [0.717, 1.165) is 0 Å². The van der Waals surface area contributed by atoms with Crippen LogP contribution in [0.15, 0.2) is 0 Å². The number of carbonyl (C=O) groups is 3. The molecule has 0 radical (unpaired) electrons. The number of carbonyl (C=O) groups excluding carboxylic acids is 2. The van der Waals surface area contributed by atoms with Crippen LogP contribution in [-0.4, -0.2) is 66.7 Å². The zero-order chi connectivity index (χ0) is 15.0. The van der Waals surface area contributed by atoms with E-state index in [1.165, 1.54) is 24.0 Å². The van der Waals surface area contributed by atoms with Crippen LogP contribution in [0.5, 0.6) is 0 Å². The average Bonchev–Trinajstić information content (AvgIpc) is 2.32. The smallest absolute Gasteiger partial charge is 0.323 e. The number of carboxylic acid groups (broad SMARTS) is 1. The number of urea groups is 1. The standard InChI is InChI=1S/C12H22N2O5/c1-9(2)7-14(8-10(15)16)12(18)13(3)6-5-11(17)19-4/h9H,5-8H2,1-4H3,(H,15,16). The highest BCUT2D eigenvalue weighted by Crippen LogP contribution is 2.04. The Labute approximate surface area is 113 Å². The fourth-order valence-corrected chi connectivity index (χ4v) is 1.51. The van der Waals surface area contributed by atoms with E-state index >= 15 is 0 Å². The van der Waals surface area contributed by atoms with Crippen LogP contribution < -0.4 is 0 Å². The van der Waals surface area contributed by atoms with Gasteiger partial charge in [-0.05, 0) is 5.92 Å². The lowest BCUT2D eigenvalue weighted by molar-refractivity contribution is -0.141. The lowest BCUT2D eigenvalue weighted by Gasteiger charge is -2.28. The summed E-state index contributed by atoms with van der Waals surface area (Å²) in [6.45, 7) is 4.00. The second kappa shape index (κ2) is 8.34. The molecular weight excluding hydrogens is 252 g/mol. The first-order valence-electron chi connectivity index (χ1n) is 6.06. The van der Waals surface area contributed by atoms with Gasteiger partial charge in [0.25, 0.3) is 0 Å². The van der Waals surface area contributed by atoms with Gasteiger partial charge in [-0.2, -0.15) is 0 Å². The molecule has 7 heteroatoms. The highest BCUT2D eigenvalue weighted by Gasteiger charge is 2.21. The summed E-state index contributed by atoms with van der Waals surface area (Å²) in [5, 5.41) is 8.80. The third-order valence-electron chi connectivity index (χ3n) is 2.39. The Kier molecular flexibility index (Phi) is 7.55. The van der Waals surface area contributed by atoms with Gasteiger partial charge in [0.05, 0.1) is 13.5 Å². The van der Waals surface area contributed by atoms with Crippen LogP contribution in [0, 0.1) is 5.92 Å². The van der Waals surface area contributed by atoms with Gasteiger partial charge in [-0.1, -0.05) is 13.8 Å². The third kappa shape index (κ3) is 7.28. The van der Waals surface area contributed by atoms with Crippen molar-refractivity contribution in [2.24, 2.45) is 5.92 Å². The van der Waals surface area contributed by atoms with E-state index in [9.17, 15) is 14.4 Å². The lowest BCUT2D eigenvalue weighted by atomic mass is 10.2. The molecular formula is C12H22N2O5. The largest absolute Gasteiger partial charge is 0.480 e. The minimum absolute atomic E-state index is 0.0847. The van der Waals surface area contributed by atoms with Crippen molar-refractivity contribution in [2.45, 2.75) is 20.3 Å². The molecule has 1 N–H and O–H groups in total. The predicted molar refractivity (Wildman–Crippen MR) is 68.7 cm³/mol. The molecule has 0 aliphatic heterocycles. The summed E-state index contributed by atoms with van der Waals surface area (Å²) in [5.41, 5.74) is 0. The Morgan fingerprint density at radius 1 is 1.26 bits per heavy atom. The van der Waals surface area contributed by atoms with Crippen molar-refractivity contribution in [1.82, 2.24) is 9.80 Å². The number of methoxy groups -OCH3 is 1. The number of aliphatic carboxylic acids is 1. The number of amides is 2. The van der Waals surface area contributed by atoms with Crippen molar-refractivity contribution in [3.8, 4) is 0 Å². The average molecular weight is 274 g/mol. The molecule has 0 saturated heterocycles. The molecule has 7 nitrogen and oxygen atoms in total. The van der Waals surface area contributed by atoms with Gasteiger partial charge < -0.3 is 19.6 Å². The van der Waals surface area contributed by atoms with Crippen molar-refractivity contribution in [2.75, 3.05) is 33.8 Å². The first kappa shape index (κ1) is 17.2. The van der Waals surface area contributed by atoms with Gasteiger partial charge in [0.1, 0.15) is 6.54 Å². The van der Waals surface area contributed by atoms with E-state index in [0.29, 0.717) is 6.54 Å². The zero-order valence-electron chi connectivity index (χ0n) is 11.9. The fourth-order valence-electron chi connectivity index (χ4n) is 1.51. The van der Waals surface area contributed by atoms with Gasteiger partial charge in [-0.15, -0.1) is 0 Å². The van der Waals surface area contributed by atoms with E-state index < -0.39 is 18.0 Å². The van der Waals surface area contributed by atoms with E-state index in [-0.39, 0.29) is 25.4 Å². The molecule has 0 saturated carbocycles. The minimum atomic E-state index is -1.06. The molecule has 0 fully saturated rings. The molecule has 0 heterocycles. The molecule has 0 bridgehead atoms. The summed E-state index contributed by atoms with van der Waals surface area (Å²) in [6, 6.07) is -0.403. The summed E-state index contributed by atoms with van der Waals surface area (Å²) in [4.78, 5) is 36.4. The molecule has 0 aliphatic rings. The lowest BCUT2D eigenvalue weighted by Crippen LogP contribution is -2.45.